The number of carbonyl (C=O) groups excluding carboxylic acids is 2. The van der Waals surface area contributed by atoms with Gasteiger partial charge in [-0.3, -0.25) is 9.59 Å². The van der Waals surface area contributed by atoms with E-state index in [2.05, 4.69) is 0 Å². The van der Waals surface area contributed by atoms with Crippen LogP contribution < -0.4 is 4.90 Å². The molecule has 20 heavy (non-hydrogen) atoms. The molecular weight excluding hydrogens is 268 g/mol. The molecule has 108 valence electrons. The number of fused-ring (bicyclic) bond motifs is 1. The average molecular weight is 283 g/mol. The second kappa shape index (κ2) is 4.94. The standard InChI is InChI=1S/C14H15F2NO3/c1-14(2,20-3)4-5-17-11-9(12(18)13(17)19)6-8(15)7-10(11)16/h6-7H,4-5H2,1-3H3. The van der Waals surface area contributed by atoms with Crippen molar-refractivity contribution >= 4 is 17.4 Å². The molecule has 0 bridgehead atoms. The number of ether oxygens (including phenoxy) is 1. The molecule has 1 aromatic carbocycles. The summed E-state index contributed by atoms with van der Waals surface area (Å²) in [5.41, 5.74) is -0.876. The zero-order valence-electron chi connectivity index (χ0n) is 11.5. The molecule has 0 unspecified atom stereocenters. The van der Waals surface area contributed by atoms with Crippen molar-refractivity contribution in [3.05, 3.63) is 29.3 Å². The van der Waals surface area contributed by atoms with E-state index in [1.54, 1.807) is 0 Å². The van der Waals surface area contributed by atoms with Crippen molar-refractivity contribution in [1.29, 1.82) is 0 Å². The van der Waals surface area contributed by atoms with Crippen LogP contribution >= 0.6 is 0 Å². The van der Waals surface area contributed by atoms with Gasteiger partial charge in [0.15, 0.2) is 5.82 Å². The fourth-order valence-electron chi connectivity index (χ4n) is 2.05. The summed E-state index contributed by atoms with van der Waals surface area (Å²) >= 11 is 0. The number of hydrogen-bond donors (Lipinski definition) is 0. The molecule has 1 amide bonds. The maximum atomic E-state index is 13.8. The Bertz CT molecular complexity index is 584. The number of benzene rings is 1. The minimum absolute atomic E-state index is 0.126. The summed E-state index contributed by atoms with van der Waals surface area (Å²) in [6, 6.07) is 1.55. The Kier molecular flexibility index (Phi) is 3.60. The Labute approximate surface area is 115 Å². The SMILES string of the molecule is COC(C)(C)CCN1C(=O)C(=O)c2cc(F)cc(F)c21. The topological polar surface area (TPSA) is 46.6 Å². The van der Waals surface area contributed by atoms with Gasteiger partial charge in [-0.05, 0) is 26.3 Å². The summed E-state index contributed by atoms with van der Waals surface area (Å²) in [6.07, 6.45) is 0.415. The molecule has 0 atom stereocenters. The van der Waals surface area contributed by atoms with Crippen LogP contribution in [0.25, 0.3) is 0 Å². The summed E-state index contributed by atoms with van der Waals surface area (Å²) in [5.74, 6) is -3.50. The van der Waals surface area contributed by atoms with E-state index in [1.165, 1.54) is 7.11 Å². The van der Waals surface area contributed by atoms with Crippen molar-refractivity contribution in [3.63, 3.8) is 0 Å². The van der Waals surface area contributed by atoms with Gasteiger partial charge in [-0.2, -0.15) is 0 Å². The highest BCUT2D eigenvalue weighted by molar-refractivity contribution is 6.52. The van der Waals surface area contributed by atoms with Gasteiger partial charge in [0.25, 0.3) is 11.7 Å². The monoisotopic (exact) mass is 283 g/mol. The van der Waals surface area contributed by atoms with E-state index in [9.17, 15) is 18.4 Å². The third-order valence-electron chi connectivity index (χ3n) is 3.47. The van der Waals surface area contributed by atoms with Crippen molar-refractivity contribution in [2.24, 2.45) is 0 Å². The van der Waals surface area contributed by atoms with Crippen LogP contribution in [0, 0.1) is 11.6 Å². The van der Waals surface area contributed by atoms with Gasteiger partial charge in [0, 0.05) is 19.7 Å². The Morgan fingerprint density at radius 3 is 2.50 bits per heavy atom. The molecule has 0 aromatic heterocycles. The molecule has 1 heterocycles. The average Bonchev–Trinajstić information content (AvgIpc) is 2.61. The molecule has 0 aliphatic carbocycles. The third-order valence-corrected chi connectivity index (χ3v) is 3.47. The van der Waals surface area contributed by atoms with Gasteiger partial charge in [-0.15, -0.1) is 0 Å². The lowest BCUT2D eigenvalue weighted by atomic mass is 10.0. The first-order valence-corrected chi connectivity index (χ1v) is 6.17. The van der Waals surface area contributed by atoms with Crippen molar-refractivity contribution < 1.29 is 23.1 Å². The van der Waals surface area contributed by atoms with Crippen molar-refractivity contribution in [3.8, 4) is 0 Å². The van der Waals surface area contributed by atoms with Crippen molar-refractivity contribution in [2.45, 2.75) is 25.9 Å². The quantitative estimate of drug-likeness (QED) is 0.797. The molecule has 0 radical (unpaired) electrons. The van der Waals surface area contributed by atoms with Crippen LogP contribution in [0.3, 0.4) is 0 Å². The lowest BCUT2D eigenvalue weighted by Crippen LogP contribution is -2.36. The van der Waals surface area contributed by atoms with Crippen LogP contribution in [0.2, 0.25) is 0 Å². The van der Waals surface area contributed by atoms with Crippen LogP contribution in [0.4, 0.5) is 14.5 Å². The minimum atomic E-state index is -0.908. The van der Waals surface area contributed by atoms with Crippen LogP contribution in [0.1, 0.15) is 30.6 Å². The molecule has 1 aliphatic heterocycles. The van der Waals surface area contributed by atoms with E-state index >= 15 is 0 Å². The third kappa shape index (κ3) is 2.43. The highest BCUT2D eigenvalue weighted by atomic mass is 19.1. The van der Waals surface area contributed by atoms with E-state index < -0.39 is 28.9 Å². The Hall–Kier alpha value is -1.82. The van der Waals surface area contributed by atoms with Crippen molar-refractivity contribution in [2.75, 3.05) is 18.6 Å². The fraction of sp³-hybridized carbons (Fsp3) is 0.429. The highest BCUT2D eigenvalue weighted by Crippen LogP contribution is 2.33. The molecule has 1 aliphatic rings. The van der Waals surface area contributed by atoms with Gasteiger partial charge in [0.05, 0.1) is 16.9 Å². The molecule has 2 rings (SSSR count). The van der Waals surface area contributed by atoms with Crippen molar-refractivity contribution in [1.82, 2.24) is 0 Å². The van der Waals surface area contributed by atoms with Gasteiger partial charge in [0.2, 0.25) is 0 Å². The Balaban J connectivity index is 2.34. The highest BCUT2D eigenvalue weighted by Gasteiger charge is 2.39. The second-order valence-electron chi connectivity index (χ2n) is 5.28. The molecule has 0 N–H and O–H groups in total. The van der Waals surface area contributed by atoms with Gasteiger partial charge in [0.1, 0.15) is 5.82 Å². The number of methoxy groups -OCH3 is 1. The summed E-state index contributed by atoms with van der Waals surface area (Å²) < 4.78 is 32.2. The zero-order valence-corrected chi connectivity index (χ0v) is 11.5. The molecule has 0 fully saturated rings. The van der Waals surface area contributed by atoms with Crippen LogP contribution in [0.15, 0.2) is 12.1 Å². The summed E-state index contributed by atoms with van der Waals surface area (Å²) in [5, 5.41) is 0. The summed E-state index contributed by atoms with van der Waals surface area (Å²) in [7, 11) is 1.53. The van der Waals surface area contributed by atoms with Gasteiger partial charge in [-0.25, -0.2) is 8.78 Å². The number of carbonyl (C=O) groups is 2. The molecular formula is C14H15F2NO3. The fourth-order valence-corrected chi connectivity index (χ4v) is 2.05. The van der Waals surface area contributed by atoms with E-state index in [-0.39, 0.29) is 17.8 Å². The molecule has 4 nitrogen and oxygen atoms in total. The maximum absolute atomic E-state index is 13.8. The molecule has 6 heteroatoms. The van der Waals surface area contributed by atoms with E-state index in [1.807, 2.05) is 13.8 Å². The number of amides is 1. The van der Waals surface area contributed by atoms with Gasteiger partial charge < -0.3 is 9.64 Å². The number of hydrogen-bond acceptors (Lipinski definition) is 3. The van der Waals surface area contributed by atoms with E-state index in [0.29, 0.717) is 12.5 Å². The Morgan fingerprint density at radius 2 is 1.90 bits per heavy atom. The van der Waals surface area contributed by atoms with E-state index in [0.717, 1.165) is 11.0 Å². The van der Waals surface area contributed by atoms with E-state index in [4.69, 9.17) is 4.74 Å². The van der Waals surface area contributed by atoms with Gasteiger partial charge in [-0.1, -0.05) is 0 Å². The maximum Gasteiger partial charge on any atom is 0.299 e. The smallest absolute Gasteiger partial charge is 0.299 e. The molecule has 0 spiro atoms. The predicted octanol–water partition coefficient (Wildman–Crippen LogP) is 2.31. The number of halogens is 2. The van der Waals surface area contributed by atoms with Crippen LogP contribution in [-0.4, -0.2) is 30.9 Å². The number of anilines is 1. The Morgan fingerprint density at radius 1 is 1.25 bits per heavy atom. The first-order valence-electron chi connectivity index (χ1n) is 6.17. The lowest BCUT2D eigenvalue weighted by Gasteiger charge is -2.26. The molecule has 0 saturated carbocycles. The van der Waals surface area contributed by atoms with Crippen LogP contribution in [0.5, 0.6) is 0 Å². The minimum Gasteiger partial charge on any atom is -0.379 e. The van der Waals surface area contributed by atoms with Gasteiger partial charge >= 0.3 is 0 Å². The summed E-state index contributed by atoms with van der Waals surface area (Å²) in [4.78, 5) is 24.7. The zero-order chi connectivity index (χ0) is 15.1. The first-order chi connectivity index (χ1) is 9.26. The normalized spacial score (nSPS) is 14.9. The molecule has 1 aromatic rings. The van der Waals surface area contributed by atoms with Crippen LogP contribution in [-0.2, 0) is 9.53 Å². The second-order valence-corrected chi connectivity index (χ2v) is 5.28. The number of ketones is 1. The first kappa shape index (κ1) is 14.6. The number of rotatable bonds is 4. The lowest BCUT2D eigenvalue weighted by molar-refractivity contribution is -0.114. The number of nitrogens with zero attached hydrogens (tertiary/aromatic N) is 1. The summed E-state index contributed by atoms with van der Waals surface area (Å²) in [6.45, 7) is 3.76. The predicted molar refractivity (Wildman–Crippen MR) is 68.7 cm³/mol. The largest absolute Gasteiger partial charge is 0.379 e. The molecule has 0 saturated heterocycles. The number of Topliss-reactive ketones (excluding diaryl/α,β-unsaturated/α-hetero) is 1.